The van der Waals surface area contributed by atoms with Crippen molar-refractivity contribution in [1.82, 2.24) is 0 Å². The van der Waals surface area contributed by atoms with E-state index in [4.69, 9.17) is 5.11 Å². The van der Waals surface area contributed by atoms with Gasteiger partial charge in [-0.05, 0) is 97.7 Å². The predicted octanol–water partition coefficient (Wildman–Crippen LogP) is 3.45. The molecule has 0 unspecified atom stereocenters. The first-order chi connectivity index (χ1) is 13.6. The Bertz CT molecular complexity index is 637. The largest absolute Gasteiger partial charge is 0.481 e. The van der Waals surface area contributed by atoms with Gasteiger partial charge in [0.15, 0.2) is 0 Å². The maximum Gasteiger partial charge on any atom is 0.303 e. The topological polar surface area (TPSA) is 98.0 Å². The highest BCUT2D eigenvalue weighted by atomic mass is 16.4. The second-order valence-corrected chi connectivity index (χ2v) is 11.5. The summed E-state index contributed by atoms with van der Waals surface area (Å²) in [5.41, 5.74) is 0.119. The Kier molecular flexibility index (Phi) is 5.57. The Balaban J connectivity index is 1.59. The Morgan fingerprint density at radius 2 is 1.59 bits per heavy atom. The van der Waals surface area contributed by atoms with Crippen molar-refractivity contribution >= 4 is 5.97 Å². The summed E-state index contributed by atoms with van der Waals surface area (Å²) in [6.45, 7) is 6.89. The molecule has 0 aromatic carbocycles. The highest BCUT2D eigenvalue weighted by Crippen LogP contribution is 2.68. The van der Waals surface area contributed by atoms with E-state index in [-0.39, 0.29) is 35.2 Å². The van der Waals surface area contributed by atoms with Crippen LogP contribution in [0.25, 0.3) is 0 Å². The van der Waals surface area contributed by atoms with Crippen molar-refractivity contribution in [3.8, 4) is 0 Å². The summed E-state index contributed by atoms with van der Waals surface area (Å²) in [7, 11) is 0. The van der Waals surface area contributed by atoms with Crippen molar-refractivity contribution in [1.29, 1.82) is 0 Å². The summed E-state index contributed by atoms with van der Waals surface area (Å²) in [5, 5.41) is 41.7. The zero-order chi connectivity index (χ0) is 21.1. The van der Waals surface area contributed by atoms with Gasteiger partial charge in [0.2, 0.25) is 0 Å². The van der Waals surface area contributed by atoms with Crippen molar-refractivity contribution in [2.24, 2.45) is 46.3 Å². The first-order valence-electron chi connectivity index (χ1n) is 11.9. The second-order valence-electron chi connectivity index (χ2n) is 11.5. The van der Waals surface area contributed by atoms with Gasteiger partial charge in [-0.1, -0.05) is 20.8 Å². The molecule has 4 N–H and O–H groups in total. The van der Waals surface area contributed by atoms with Crippen LogP contribution in [0.1, 0.15) is 78.6 Å². The van der Waals surface area contributed by atoms with E-state index in [1.165, 1.54) is 0 Å². The molecule has 0 aromatic heterocycles. The van der Waals surface area contributed by atoms with E-state index in [9.17, 15) is 20.1 Å². The second kappa shape index (κ2) is 7.49. The van der Waals surface area contributed by atoms with Gasteiger partial charge in [0.25, 0.3) is 0 Å². The highest BCUT2D eigenvalue weighted by Gasteiger charge is 2.65. The van der Waals surface area contributed by atoms with E-state index in [0.29, 0.717) is 30.1 Å². The van der Waals surface area contributed by atoms with Crippen LogP contribution in [0, 0.1) is 46.3 Å². The number of aliphatic hydroxyl groups excluding tert-OH is 3. The summed E-state index contributed by atoms with van der Waals surface area (Å²) in [6.07, 6.45) is 5.87. The molecular weight excluding hydrogens is 368 g/mol. The molecule has 4 rings (SSSR count). The van der Waals surface area contributed by atoms with Gasteiger partial charge in [-0.3, -0.25) is 4.79 Å². The van der Waals surface area contributed by atoms with E-state index in [1.807, 2.05) is 0 Å². The average Bonchev–Trinajstić information content (AvgIpc) is 3.02. The van der Waals surface area contributed by atoms with Crippen molar-refractivity contribution in [2.45, 2.75) is 96.9 Å². The van der Waals surface area contributed by atoms with E-state index in [1.54, 1.807) is 0 Å². The quantitative estimate of drug-likeness (QED) is 0.571. The third-order valence-corrected chi connectivity index (χ3v) is 10.3. The molecule has 4 aliphatic carbocycles. The summed E-state index contributed by atoms with van der Waals surface area (Å²) in [6, 6.07) is 0. The molecule has 4 aliphatic rings. The molecule has 0 heterocycles. The van der Waals surface area contributed by atoms with Gasteiger partial charge in [0.05, 0.1) is 18.3 Å². The molecule has 5 heteroatoms. The lowest BCUT2D eigenvalue weighted by molar-refractivity contribution is -0.223. The number of carboxylic acids is 1. The van der Waals surface area contributed by atoms with Crippen LogP contribution in [0.15, 0.2) is 0 Å². The highest BCUT2D eigenvalue weighted by molar-refractivity contribution is 5.66. The molecule has 0 saturated heterocycles. The van der Waals surface area contributed by atoms with Gasteiger partial charge in [-0.2, -0.15) is 0 Å². The Morgan fingerprint density at radius 1 is 0.931 bits per heavy atom. The number of aliphatic hydroxyl groups is 3. The number of carboxylic acid groups (broad SMARTS) is 1. The van der Waals surface area contributed by atoms with Gasteiger partial charge in [-0.15, -0.1) is 0 Å². The number of aliphatic carboxylic acids is 1. The minimum absolute atomic E-state index is 0.00309. The molecule has 0 aliphatic heterocycles. The minimum atomic E-state index is -0.748. The van der Waals surface area contributed by atoms with E-state index in [2.05, 4.69) is 20.8 Å². The number of fused-ring (bicyclic) bond motifs is 5. The fourth-order valence-corrected chi connectivity index (χ4v) is 8.77. The summed E-state index contributed by atoms with van der Waals surface area (Å²) < 4.78 is 0. The molecular formula is C24H40O5. The number of hydrogen-bond acceptors (Lipinski definition) is 4. The van der Waals surface area contributed by atoms with E-state index in [0.717, 1.165) is 44.9 Å². The van der Waals surface area contributed by atoms with Crippen molar-refractivity contribution in [2.75, 3.05) is 0 Å². The van der Waals surface area contributed by atoms with Crippen LogP contribution in [-0.2, 0) is 4.79 Å². The molecule has 0 amide bonds. The smallest absolute Gasteiger partial charge is 0.303 e. The molecule has 11 atom stereocenters. The van der Waals surface area contributed by atoms with Gasteiger partial charge < -0.3 is 20.4 Å². The summed E-state index contributed by atoms with van der Waals surface area (Å²) in [4.78, 5) is 11.1. The normalized spacial score (nSPS) is 52.9. The number of rotatable bonds is 4. The lowest BCUT2D eigenvalue weighted by atomic mass is 9.43. The fourth-order valence-electron chi connectivity index (χ4n) is 8.77. The maximum absolute atomic E-state index is 11.3. The molecule has 29 heavy (non-hydrogen) atoms. The van der Waals surface area contributed by atoms with E-state index < -0.39 is 18.2 Å². The van der Waals surface area contributed by atoms with Crippen LogP contribution in [0.3, 0.4) is 0 Å². The molecule has 0 aromatic rings. The zero-order valence-corrected chi connectivity index (χ0v) is 18.3. The fraction of sp³-hybridized carbons (Fsp3) is 0.958. The Hall–Kier alpha value is -0.650. The first-order valence-corrected chi connectivity index (χ1v) is 11.9. The first kappa shape index (κ1) is 21.6. The zero-order valence-electron chi connectivity index (χ0n) is 18.3. The Morgan fingerprint density at radius 3 is 2.28 bits per heavy atom. The minimum Gasteiger partial charge on any atom is -0.481 e. The van der Waals surface area contributed by atoms with Gasteiger partial charge in [0, 0.05) is 6.42 Å². The van der Waals surface area contributed by atoms with Crippen molar-refractivity contribution in [3.05, 3.63) is 0 Å². The molecule has 5 nitrogen and oxygen atoms in total. The van der Waals surface area contributed by atoms with Crippen LogP contribution in [-0.4, -0.2) is 44.7 Å². The lowest BCUT2D eigenvalue weighted by Gasteiger charge is -2.63. The SMILES string of the molecule is C[C@H](CCC(=O)O)[C@H]1CC[C@H]2[C@@H]3[C@@H](O)[C@H](O)[C@@H]4C[C@@H](O)CC[C@]4(C)[C@H]3CC[C@]12C. The van der Waals surface area contributed by atoms with Crippen LogP contribution < -0.4 is 0 Å². The molecule has 0 radical (unpaired) electrons. The van der Waals surface area contributed by atoms with Crippen LogP contribution in [0.2, 0.25) is 0 Å². The summed E-state index contributed by atoms with van der Waals surface area (Å²) >= 11 is 0. The maximum atomic E-state index is 11.3. The van der Waals surface area contributed by atoms with Gasteiger partial charge in [0.1, 0.15) is 0 Å². The average molecular weight is 409 g/mol. The molecule has 4 fully saturated rings. The third-order valence-electron chi connectivity index (χ3n) is 10.3. The molecule has 4 saturated carbocycles. The number of carbonyl (C=O) groups is 1. The predicted molar refractivity (Wildman–Crippen MR) is 110 cm³/mol. The van der Waals surface area contributed by atoms with Gasteiger partial charge >= 0.3 is 5.97 Å². The third kappa shape index (κ3) is 3.27. The number of hydrogen-bond donors (Lipinski definition) is 4. The monoisotopic (exact) mass is 408 g/mol. The van der Waals surface area contributed by atoms with Crippen LogP contribution >= 0.6 is 0 Å². The van der Waals surface area contributed by atoms with E-state index >= 15 is 0 Å². The van der Waals surface area contributed by atoms with Crippen molar-refractivity contribution < 1.29 is 25.2 Å². The molecule has 166 valence electrons. The summed E-state index contributed by atoms with van der Waals surface area (Å²) in [5.74, 6) is 1.06. The van der Waals surface area contributed by atoms with Crippen molar-refractivity contribution in [3.63, 3.8) is 0 Å². The molecule has 0 spiro atoms. The van der Waals surface area contributed by atoms with Crippen LogP contribution in [0.5, 0.6) is 0 Å². The van der Waals surface area contributed by atoms with Crippen LogP contribution in [0.4, 0.5) is 0 Å². The lowest BCUT2D eigenvalue weighted by Crippen LogP contribution is -2.64. The standard InChI is InChI=1S/C24H40O5/c1-13(4-7-19(26)27)15-5-6-16-20-17(9-11-23(15,16)2)24(3)10-8-14(25)12-18(24)21(28)22(20)29/h13-18,20-22,25,28-29H,4-12H2,1-3H3,(H,26,27)/t13-,14+,15-,16+,17+,18+,20+,21-,22-,23-,24-/m1/s1. The van der Waals surface area contributed by atoms with Gasteiger partial charge in [-0.25, -0.2) is 0 Å². The Labute approximate surface area is 174 Å². The molecule has 0 bridgehead atoms.